The second kappa shape index (κ2) is 14.2. The van der Waals surface area contributed by atoms with Gasteiger partial charge in [0.15, 0.2) is 5.16 Å². The molecule has 0 unspecified atom stereocenters. The average Bonchev–Trinajstić information content (AvgIpc) is 2.60. The first-order chi connectivity index (χ1) is 11.7. The lowest BCUT2D eigenvalue weighted by Crippen LogP contribution is -2.12. The predicted molar refractivity (Wildman–Crippen MR) is 115 cm³/mol. The van der Waals surface area contributed by atoms with Crippen LogP contribution in [0.5, 0.6) is 0 Å². The Morgan fingerprint density at radius 2 is 1.42 bits per heavy atom. The Balaban J connectivity index is 2.94. The van der Waals surface area contributed by atoms with Crippen molar-refractivity contribution in [1.82, 2.24) is 15.0 Å². The minimum absolute atomic E-state index is 0.663. The van der Waals surface area contributed by atoms with Crippen molar-refractivity contribution in [3.05, 3.63) is 0 Å². The van der Waals surface area contributed by atoms with Crippen molar-refractivity contribution in [3.63, 3.8) is 0 Å². The van der Waals surface area contributed by atoms with Crippen LogP contribution >= 0.6 is 47.6 Å². The monoisotopic (exact) mass is 407 g/mol. The molecule has 138 valence electrons. The van der Waals surface area contributed by atoms with Crippen LogP contribution < -0.4 is 8.43 Å². The van der Waals surface area contributed by atoms with Crippen LogP contribution in [0.25, 0.3) is 0 Å². The standard InChI is InChI=1S/C15H29N5S4/c1-5-9-21-15-17-13(19-22-10-6-2)16-14(18-15)20(23-11-7-3)24-12-8-4/h5-12H2,1-4H3,(H,16,17,18,19). The van der Waals surface area contributed by atoms with Gasteiger partial charge in [0.2, 0.25) is 5.95 Å². The Morgan fingerprint density at radius 3 is 2.00 bits per heavy atom. The fourth-order valence-corrected chi connectivity index (χ4v) is 4.50. The van der Waals surface area contributed by atoms with Crippen molar-refractivity contribution < 1.29 is 0 Å². The van der Waals surface area contributed by atoms with E-state index in [1.807, 2.05) is 0 Å². The lowest BCUT2D eigenvalue weighted by atomic mass is 10.6. The van der Waals surface area contributed by atoms with Crippen molar-refractivity contribution >= 4 is 59.5 Å². The molecule has 0 saturated carbocycles. The third-order valence-corrected chi connectivity index (χ3v) is 7.10. The normalized spacial score (nSPS) is 10.8. The molecular formula is C15H29N5S4. The second-order valence-electron chi connectivity index (χ2n) is 4.96. The number of hydrogen-bond donors (Lipinski definition) is 1. The van der Waals surface area contributed by atoms with E-state index in [2.05, 4.69) is 51.1 Å². The molecule has 0 aliphatic rings. The molecule has 0 aliphatic carbocycles. The summed E-state index contributed by atoms with van der Waals surface area (Å²) in [6, 6.07) is 0. The van der Waals surface area contributed by atoms with Crippen LogP contribution in [0.2, 0.25) is 0 Å². The summed E-state index contributed by atoms with van der Waals surface area (Å²) in [5.74, 6) is 5.60. The third kappa shape index (κ3) is 8.92. The van der Waals surface area contributed by atoms with E-state index in [0.717, 1.165) is 59.8 Å². The molecule has 9 heteroatoms. The zero-order valence-electron chi connectivity index (χ0n) is 15.1. The highest BCUT2D eigenvalue weighted by Crippen LogP contribution is 2.30. The Bertz CT molecular complexity index is 442. The van der Waals surface area contributed by atoms with E-state index in [9.17, 15) is 0 Å². The lowest BCUT2D eigenvalue weighted by Gasteiger charge is -2.20. The van der Waals surface area contributed by atoms with E-state index < -0.39 is 0 Å². The van der Waals surface area contributed by atoms with Gasteiger partial charge in [-0.2, -0.15) is 15.0 Å². The van der Waals surface area contributed by atoms with Gasteiger partial charge >= 0.3 is 0 Å². The van der Waals surface area contributed by atoms with Crippen molar-refractivity contribution in [3.8, 4) is 0 Å². The van der Waals surface area contributed by atoms with Gasteiger partial charge in [0, 0.05) is 23.0 Å². The maximum atomic E-state index is 4.68. The highest BCUT2D eigenvalue weighted by atomic mass is 32.2. The molecule has 24 heavy (non-hydrogen) atoms. The van der Waals surface area contributed by atoms with Crippen LogP contribution in [0.1, 0.15) is 53.4 Å². The van der Waals surface area contributed by atoms with E-state index >= 15 is 0 Å². The number of aromatic nitrogens is 3. The van der Waals surface area contributed by atoms with Gasteiger partial charge in [0.25, 0.3) is 5.95 Å². The lowest BCUT2D eigenvalue weighted by molar-refractivity contribution is 0.917. The van der Waals surface area contributed by atoms with Gasteiger partial charge in [-0.3, -0.25) is 4.72 Å². The third-order valence-electron chi connectivity index (χ3n) is 2.50. The fourth-order valence-electron chi connectivity index (χ4n) is 1.45. The zero-order chi connectivity index (χ0) is 17.6. The minimum atomic E-state index is 0.663. The smallest absolute Gasteiger partial charge is 0.252 e. The quantitative estimate of drug-likeness (QED) is 0.235. The maximum Gasteiger partial charge on any atom is 0.252 e. The maximum absolute atomic E-state index is 4.68. The highest BCUT2D eigenvalue weighted by Gasteiger charge is 2.15. The first-order valence-corrected chi connectivity index (χ1v) is 12.4. The van der Waals surface area contributed by atoms with Gasteiger partial charge in [-0.05, 0) is 49.6 Å². The van der Waals surface area contributed by atoms with E-state index in [-0.39, 0.29) is 0 Å². The first kappa shape index (κ1) is 22.1. The molecular weight excluding hydrogens is 378 g/mol. The van der Waals surface area contributed by atoms with Gasteiger partial charge < -0.3 is 0 Å². The summed E-state index contributed by atoms with van der Waals surface area (Å²) in [5.41, 5.74) is 0. The van der Waals surface area contributed by atoms with Crippen LogP contribution in [-0.2, 0) is 0 Å². The molecule has 0 bridgehead atoms. The second-order valence-corrected chi connectivity index (χ2v) is 9.22. The Morgan fingerprint density at radius 1 is 0.792 bits per heavy atom. The van der Waals surface area contributed by atoms with Gasteiger partial charge in [0.05, 0.1) is 0 Å². The molecule has 1 aromatic heterocycles. The van der Waals surface area contributed by atoms with E-state index in [4.69, 9.17) is 0 Å². The van der Waals surface area contributed by atoms with Crippen molar-refractivity contribution in [2.75, 3.05) is 31.4 Å². The number of thioether (sulfide) groups is 1. The molecule has 1 heterocycles. The molecule has 0 saturated heterocycles. The molecule has 1 N–H and O–H groups in total. The summed E-state index contributed by atoms with van der Waals surface area (Å²) in [6.45, 7) is 8.73. The van der Waals surface area contributed by atoms with Crippen molar-refractivity contribution in [2.24, 2.45) is 0 Å². The summed E-state index contributed by atoms with van der Waals surface area (Å²) >= 11 is 6.91. The molecule has 0 aliphatic heterocycles. The Labute approximate surface area is 164 Å². The summed E-state index contributed by atoms with van der Waals surface area (Å²) in [6.07, 6.45) is 4.50. The molecule has 0 fully saturated rings. The number of hydrogen-bond acceptors (Lipinski definition) is 9. The predicted octanol–water partition coefficient (Wildman–Crippen LogP) is 5.77. The Kier molecular flexibility index (Phi) is 13.1. The highest BCUT2D eigenvalue weighted by molar-refractivity contribution is 8.18. The summed E-state index contributed by atoms with van der Waals surface area (Å²) < 4.78 is 5.42. The number of anilines is 2. The molecule has 0 atom stereocenters. The van der Waals surface area contributed by atoms with Crippen LogP contribution in [0, 0.1) is 0 Å². The van der Waals surface area contributed by atoms with Crippen molar-refractivity contribution in [2.45, 2.75) is 58.5 Å². The molecule has 5 nitrogen and oxygen atoms in total. The number of nitrogens with one attached hydrogen (secondary N) is 1. The molecule has 0 spiro atoms. The van der Waals surface area contributed by atoms with Gasteiger partial charge in [-0.15, -0.1) is 0 Å². The van der Waals surface area contributed by atoms with Crippen LogP contribution in [0.4, 0.5) is 11.9 Å². The average molecular weight is 408 g/mol. The molecule has 0 aromatic carbocycles. The van der Waals surface area contributed by atoms with Crippen LogP contribution in [0.15, 0.2) is 5.16 Å². The van der Waals surface area contributed by atoms with Gasteiger partial charge in [0.1, 0.15) is 0 Å². The molecule has 0 radical (unpaired) electrons. The zero-order valence-corrected chi connectivity index (χ0v) is 18.3. The molecule has 0 amide bonds. The van der Waals surface area contributed by atoms with Crippen molar-refractivity contribution in [1.29, 1.82) is 0 Å². The van der Waals surface area contributed by atoms with E-state index in [1.54, 1.807) is 47.6 Å². The summed E-state index contributed by atoms with van der Waals surface area (Å²) in [5, 5.41) is 0.806. The molecule has 1 rings (SSSR count). The first-order valence-electron chi connectivity index (χ1n) is 8.57. The largest absolute Gasteiger partial charge is 0.298 e. The van der Waals surface area contributed by atoms with Gasteiger partial charge in [-0.1, -0.05) is 51.4 Å². The SMILES string of the molecule is CCCSNc1nc(SCCC)nc(N(SCCC)SCCC)n1. The Hall–Kier alpha value is 0.01000. The van der Waals surface area contributed by atoms with E-state index in [1.165, 1.54) is 0 Å². The fraction of sp³-hybridized carbons (Fsp3) is 0.800. The summed E-state index contributed by atoms with van der Waals surface area (Å²) in [7, 11) is 0. The topological polar surface area (TPSA) is 53.9 Å². The van der Waals surface area contributed by atoms with Crippen LogP contribution in [-0.4, -0.2) is 38.0 Å². The summed E-state index contributed by atoms with van der Waals surface area (Å²) in [4.78, 5) is 13.9. The van der Waals surface area contributed by atoms with Crippen LogP contribution in [0.3, 0.4) is 0 Å². The number of nitrogens with zero attached hydrogens (tertiary/aromatic N) is 4. The molecule has 1 aromatic rings. The minimum Gasteiger partial charge on any atom is -0.298 e. The number of rotatable bonds is 14. The van der Waals surface area contributed by atoms with Gasteiger partial charge in [-0.25, -0.2) is 3.71 Å². The van der Waals surface area contributed by atoms with E-state index in [0.29, 0.717) is 5.95 Å².